The first-order valence-electron chi connectivity index (χ1n) is 8.56. The third-order valence-corrected chi connectivity index (χ3v) is 3.92. The highest BCUT2D eigenvalue weighted by atomic mass is 16.1. The van der Waals surface area contributed by atoms with Crippen molar-refractivity contribution in [2.24, 2.45) is 0 Å². The number of anilines is 2. The fourth-order valence-corrected chi connectivity index (χ4v) is 2.48. The summed E-state index contributed by atoms with van der Waals surface area (Å²) in [6, 6.07) is 15.5. The number of fused-ring (bicyclic) bond motifs is 1. The number of nitrogens with zero attached hydrogens (tertiary/aromatic N) is 2. The zero-order valence-electron chi connectivity index (χ0n) is 14.5. The number of benzene rings is 2. The Hall–Kier alpha value is -2.95. The number of aryl methyl sites for hydroxylation is 1. The Labute approximate surface area is 147 Å². The summed E-state index contributed by atoms with van der Waals surface area (Å²) in [5.74, 6) is 0.262. The van der Waals surface area contributed by atoms with Crippen LogP contribution in [0.4, 0.5) is 11.5 Å². The summed E-state index contributed by atoms with van der Waals surface area (Å²) >= 11 is 0. The molecule has 25 heavy (non-hydrogen) atoms. The van der Waals surface area contributed by atoms with Gasteiger partial charge in [0.05, 0.1) is 11.0 Å². The molecular formula is C20H22N4O. The largest absolute Gasteiger partial charge is 0.351 e. The molecule has 5 heteroatoms. The maximum absolute atomic E-state index is 12.6. The normalized spacial score (nSPS) is 10.6. The maximum Gasteiger partial charge on any atom is 0.273 e. The molecule has 2 N–H and O–H groups in total. The lowest BCUT2D eigenvalue weighted by molar-refractivity contribution is 0.0949. The molecule has 0 radical (unpaired) electrons. The predicted molar refractivity (Wildman–Crippen MR) is 101 cm³/mol. The van der Waals surface area contributed by atoms with E-state index in [4.69, 9.17) is 0 Å². The van der Waals surface area contributed by atoms with E-state index < -0.39 is 0 Å². The van der Waals surface area contributed by atoms with Gasteiger partial charge in [0.15, 0.2) is 11.5 Å². The molecule has 0 aliphatic heterocycles. The van der Waals surface area contributed by atoms with E-state index >= 15 is 0 Å². The SMILES string of the molecule is CCCCNC(=O)c1nc2ccccc2nc1Nc1ccc(C)cc1. The number of nitrogens with one attached hydrogen (secondary N) is 2. The molecule has 5 nitrogen and oxygen atoms in total. The highest BCUT2D eigenvalue weighted by Gasteiger charge is 2.16. The van der Waals surface area contributed by atoms with Crippen molar-refractivity contribution in [1.82, 2.24) is 15.3 Å². The lowest BCUT2D eigenvalue weighted by Gasteiger charge is -2.12. The first kappa shape index (κ1) is 16.9. The average Bonchev–Trinajstić information content (AvgIpc) is 2.63. The fourth-order valence-electron chi connectivity index (χ4n) is 2.48. The van der Waals surface area contributed by atoms with Crippen molar-refractivity contribution in [3.05, 3.63) is 59.8 Å². The van der Waals surface area contributed by atoms with Gasteiger partial charge in [-0.25, -0.2) is 9.97 Å². The summed E-state index contributed by atoms with van der Waals surface area (Å²) in [5, 5.41) is 6.15. The van der Waals surface area contributed by atoms with Gasteiger partial charge in [0.1, 0.15) is 0 Å². The second-order valence-electron chi connectivity index (χ2n) is 6.01. The van der Waals surface area contributed by atoms with E-state index in [1.54, 1.807) is 0 Å². The molecule has 128 valence electrons. The van der Waals surface area contributed by atoms with Crippen LogP contribution in [0.1, 0.15) is 35.8 Å². The number of hydrogen-bond acceptors (Lipinski definition) is 4. The molecule has 3 rings (SSSR count). The van der Waals surface area contributed by atoms with Crippen molar-refractivity contribution >= 4 is 28.4 Å². The van der Waals surface area contributed by atoms with Crippen LogP contribution in [-0.4, -0.2) is 22.4 Å². The van der Waals surface area contributed by atoms with Crippen LogP contribution in [-0.2, 0) is 0 Å². The summed E-state index contributed by atoms with van der Waals surface area (Å²) in [4.78, 5) is 21.7. The molecule has 0 fully saturated rings. The van der Waals surface area contributed by atoms with Crippen molar-refractivity contribution in [2.45, 2.75) is 26.7 Å². The van der Waals surface area contributed by atoms with Crippen molar-refractivity contribution in [1.29, 1.82) is 0 Å². The van der Waals surface area contributed by atoms with Crippen molar-refractivity contribution in [3.8, 4) is 0 Å². The van der Waals surface area contributed by atoms with Gasteiger partial charge < -0.3 is 10.6 Å². The lowest BCUT2D eigenvalue weighted by atomic mass is 10.2. The fraction of sp³-hybridized carbons (Fsp3) is 0.250. The minimum absolute atomic E-state index is 0.207. The molecule has 3 aromatic rings. The number of carbonyl (C=O) groups is 1. The third kappa shape index (κ3) is 4.12. The van der Waals surface area contributed by atoms with Gasteiger partial charge in [-0.15, -0.1) is 0 Å². The van der Waals surface area contributed by atoms with Crippen LogP contribution >= 0.6 is 0 Å². The maximum atomic E-state index is 12.6. The lowest BCUT2D eigenvalue weighted by Crippen LogP contribution is -2.26. The number of hydrogen-bond donors (Lipinski definition) is 2. The molecule has 0 saturated carbocycles. The van der Waals surface area contributed by atoms with Gasteiger partial charge in [0.25, 0.3) is 5.91 Å². The number of aromatic nitrogens is 2. The minimum atomic E-state index is -0.207. The van der Waals surface area contributed by atoms with Crippen molar-refractivity contribution in [3.63, 3.8) is 0 Å². The number of unbranched alkanes of at least 4 members (excludes halogenated alkanes) is 1. The quantitative estimate of drug-likeness (QED) is 0.663. The van der Waals surface area contributed by atoms with E-state index in [1.165, 1.54) is 5.56 Å². The Balaban J connectivity index is 1.96. The zero-order chi connectivity index (χ0) is 17.6. The second-order valence-corrected chi connectivity index (χ2v) is 6.01. The second kappa shape index (κ2) is 7.75. The monoisotopic (exact) mass is 334 g/mol. The minimum Gasteiger partial charge on any atom is -0.351 e. The summed E-state index contributed by atoms with van der Waals surface area (Å²) in [7, 11) is 0. The molecule has 0 unspecified atom stereocenters. The highest BCUT2D eigenvalue weighted by Crippen LogP contribution is 2.21. The molecule has 0 spiro atoms. The number of amides is 1. The van der Waals surface area contributed by atoms with Crippen LogP contribution < -0.4 is 10.6 Å². The van der Waals surface area contributed by atoms with Crippen LogP contribution in [0.5, 0.6) is 0 Å². The van der Waals surface area contributed by atoms with Crippen molar-refractivity contribution in [2.75, 3.05) is 11.9 Å². The number of rotatable bonds is 6. The van der Waals surface area contributed by atoms with E-state index in [9.17, 15) is 4.79 Å². The van der Waals surface area contributed by atoms with E-state index in [0.717, 1.165) is 24.0 Å². The van der Waals surface area contributed by atoms with E-state index in [1.807, 2.05) is 55.5 Å². The molecule has 0 atom stereocenters. The average molecular weight is 334 g/mol. The number of carbonyl (C=O) groups excluding carboxylic acids is 1. The van der Waals surface area contributed by atoms with Gasteiger partial charge >= 0.3 is 0 Å². The molecule has 0 aliphatic rings. The molecule has 0 aliphatic carbocycles. The summed E-state index contributed by atoms with van der Waals surface area (Å²) in [5.41, 5.74) is 3.82. The van der Waals surface area contributed by atoms with Gasteiger partial charge in [0.2, 0.25) is 0 Å². The Kier molecular flexibility index (Phi) is 5.23. The van der Waals surface area contributed by atoms with Crippen LogP contribution in [0.15, 0.2) is 48.5 Å². The number of para-hydroxylation sites is 2. The Bertz CT molecular complexity index is 875. The van der Waals surface area contributed by atoms with Crippen LogP contribution in [0, 0.1) is 6.92 Å². The van der Waals surface area contributed by atoms with E-state index in [-0.39, 0.29) is 5.91 Å². The van der Waals surface area contributed by atoms with E-state index in [0.29, 0.717) is 23.6 Å². The smallest absolute Gasteiger partial charge is 0.273 e. The van der Waals surface area contributed by atoms with Gasteiger partial charge in [0, 0.05) is 12.2 Å². The first-order chi connectivity index (χ1) is 12.2. The first-order valence-corrected chi connectivity index (χ1v) is 8.56. The third-order valence-electron chi connectivity index (χ3n) is 3.92. The molecule has 1 amide bonds. The molecular weight excluding hydrogens is 312 g/mol. The highest BCUT2D eigenvalue weighted by molar-refractivity contribution is 5.99. The Morgan fingerprint density at radius 1 is 1.00 bits per heavy atom. The zero-order valence-corrected chi connectivity index (χ0v) is 14.5. The Morgan fingerprint density at radius 3 is 2.36 bits per heavy atom. The van der Waals surface area contributed by atoms with Gasteiger partial charge in [-0.05, 0) is 37.6 Å². The van der Waals surface area contributed by atoms with Crippen LogP contribution in [0.2, 0.25) is 0 Å². The summed E-state index contributed by atoms with van der Waals surface area (Å²) in [6.45, 7) is 4.76. The Morgan fingerprint density at radius 2 is 1.68 bits per heavy atom. The predicted octanol–water partition coefficient (Wildman–Crippen LogP) is 4.21. The van der Waals surface area contributed by atoms with Gasteiger partial charge in [-0.3, -0.25) is 4.79 Å². The topological polar surface area (TPSA) is 66.9 Å². The molecule has 1 aromatic heterocycles. The van der Waals surface area contributed by atoms with Gasteiger partial charge in [-0.2, -0.15) is 0 Å². The van der Waals surface area contributed by atoms with E-state index in [2.05, 4.69) is 27.5 Å². The van der Waals surface area contributed by atoms with Crippen molar-refractivity contribution < 1.29 is 4.79 Å². The summed E-state index contributed by atoms with van der Waals surface area (Å²) < 4.78 is 0. The molecule has 1 heterocycles. The standard InChI is InChI=1S/C20H22N4O/c1-3-4-13-21-20(25)18-19(22-15-11-9-14(2)10-12-15)24-17-8-6-5-7-16(17)23-18/h5-12H,3-4,13H2,1-2H3,(H,21,25)(H,22,24). The van der Waals surface area contributed by atoms with Gasteiger partial charge in [-0.1, -0.05) is 43.2 Å². The molecule has 0 bridgehead atoms. The van der Waals surface area contributed by atoms with Crippen LogP contribution in [0.3, 0.4) is 0 Å². The molecule has 2 aromatic carbocycles. The molecule has 0 saturated heterocycles. The summed E-state index contributed by atoms with van der Waals surface area (Å²) in [6.07, 6.45) is 1.96. The van der Waals surface area contributed by atoms with Crippen LogP contribution in [0.25, 0.3) is 11.0 Å².